The van der Waals surface area contributed by atoms with Crippen molar-refractivity contribution < 1.29 is 19.2 Å². The van der Waals surface area contributed by atoms with E-state index in [4.69, 9.17) is 0 Å². The Kier molecular flexibility index (Phi) is 3.99. The van der Waals surface area contributed by atoms with Crippen molar-refractivity contribution in [3.63, 3.8) is 0 Å². The molecule has 0 atom stereocenters. The van der Waals surface area contributed by atoms with Gasteiger partial charge in [0.05, 0.1) is 5.65 Å². The van der Waals surface area contributed by atoms with Crippen molar-refractivity contribution in [2.24, 2.45) is 0 Å². The van der Waals surface area contributed by atoms with Crippen LogP contribution < -0.4 is 0 Å². The first kappa shape index (κ1) is 13.9. The number of hydrogen-bond donors (Lipinski definition) is 0. The zero-order valence-electron chi connectivity index (χ0n) is 10.5. The van der Waals surface area contributed by atoms with Crippen molar-refractivity contribution in [3.8, 4) is 0 Å². The van der Waals surface area contributed by atoms with E-state index in [1.165, 1.54) is 20.9 Å². The van der Waals surface area contributed by atoms with Gasteiger partial charge in [-0.25, -0.2) is 0 Å². The molecule has 0 radical (unpaired) electrons. The Morgan fingerprint density at radius 2 is 2.00 bits per heavy atom. The van der Waals surface area contributed by atoms with Crippen LogP contribution in [0.25, 0.3) is 27.3 Å². The van der Waals surface area contributed by atoms with Gasteiger partial charge in [0.25, 0.3) is 0 Å². The van der Waals surface area contributed by atoms with Gasteiger partial charge in [-0.15, -0.1) is 18.2 Å². The zero-order chi connectivity index (χ0) is 14.1. The predicted octanol–water partition coefficient (Wildman–Crippen LogP) is 4.46. The molecule has 2 heterocycles. The van der Waals surface area contributed by atoms with Crippen LogP contribution >= 0.6 is 19.8 Å². The first-order valence-electron chi connectivity index (χ1n) is 5.96. The molecule has 20 heavy (non-hydrogen) atoms. The fraction of sp³-hybridized carbons (Fsp3) is 0. The molecular weight excluding hydrogens is 419 g/mol. The average Bonchev–Trinajstić information content (AvgIpc) is 2.99. The van der Waals surface area contributed by atoms with Gasteiger partial charge < -0.3 is 4.40 Å². The number of halogens is 2. The maximum atomic E-state index is 13.4. The van der Waals surface area contributed by atoms with Gasteiger partial charge in [0.15, 0.2) is 0 Å². The van der Waals surface area contributed by atoms with Crippen molar-refractivity contribution in [3.05, 3.63) is 60.7 Å². The van der Waals surface area contributed by atoms with Crippen LogP contribution in [-0.4, -0.2) is 9.38 Å². The van der Waals surface area contributed by atoms with Gasteiger partial charge in [-0.2, -0.15) is 0 Å². The van der Waals surface area contributed by atoms with E-state index < -0.39 is 0 Å². The monoisotopic (exact) mass is 426 g/mol. The van der Waals surface area contributed by atoms with E-state index in [0.717, 1.165) is 27.3 Å². The molecule has 0 fully saturated rings. The van der Waals surface area contributed by atoms with Gasteiger partial charge >= 0.3 is 34.5 Å². The number of para-hydroxylation sites is 1. The van der Waals surface area contributed by atoms with Gasteiger partial charge in [-0.1, -0.05) is 29.0 Å². The molecule has 0 aliphatic carbocycles. The summed E-state index contributed by atoms with van der Waals surface area (Å²) in [6.45, 7) is 0. The van der Waals surface area contributed by atoms with E-state index in [2.05, 4.69) is 30.8 Å². The molecule has 0 N–H and O–H groups in total. The molecule has 94 valence electrons. The van der Waals surface area contributed by atoms with Crippen molar-refractivity contribution in [2.75, 3.05) is 0 Å². The average molecular weight is 428 g/mol. The van der Waals surface area contributed by atoms with Crippen LogP contribution in [0.2, 0.25) is 0 Å². The van der Waals surface area contributed by atoms with Crippen molar-refractivity contribution >= 4 is 47.1 Å². The summed E-state index contributed by atoms with van der Waals surface area (Å²) >= 11 is 3.62. The van der Waals surface area contributed by atoms with E-state index in [1.807, 2.05) is 34.9 Å². The number of hydrogen-bond acceptors (Lipinski definition) is 1. The molecule has 0 saturated heterocycles. The summed E-state index contributed by atoms with van der Waals surface area (Å²) in [7, 11) is 0. The number of pyridine rings is 1. The van der Waals surface area contributed by atoms with Crippen LogP contribution in [0.3, 0.4) is 0 Å². The van der Waals surface area contributed by atoms with Crippen molar-refractivity contribution in [1.82, 2.24) is 9.38 Å². The number of imidazole rings is 1. The molecule has 0 bridgehead atoms. The first-order chi connectivity index (χ1) is 9.84. The topological polar surface area (TPSA) is 17.3 Å². The molecule has 0 spiro atoms. The Hall–Kier alpha value is -1.07. The van der Waals surface area contributed by atoms with Crippen LogP contribution in [-0.2, 0) is 14.8 Å². The Morgan fingerprint density at radius 1 is 1.20 bits per heavy atom. The molecule has 2 aromatic carbocycles. The molecule has 0 aliphatic heterocycles. The molecule has 0 aliphatic rings. The second-order valence-corrected chi connectivity index (χ2v) is 4.24. The SMILES string of the molecule is Fc1c[c-]c2c(c1)c1ccccc1n1ccnc21.[Zn+][I]. The van der Waals surface area contributed by atoms with E-state index >= 15 is 0 Å². The molecular formula is C15H8FIN2Zn. The molecule has 2 aromatic heterocycles. The summed E-state index contributed by atoms with van der Waals surface area (Å²) in [5, 5.41) is 2.71. The third-order valence-electron chi connectivity index (χ3n) is 3.22. The fourth-order valence-corrected chi connectivity index (χ4v) is 2.46. The minimum atomic E-state index is -0.274. The molecule has 0 unspecified atom stereocenters. The van der Waals surface area contributed by atoms with Gasteiger partial charge in [0.1, 0.15) is 0 Å². The number of aromatic nitrogens is 2. The molecule has 5 heteroatoms. The van der Waals surface area contributed by atoms with Crippen LogP contribution in [0, 0.1) is 11.9 Å². The Balaban J connectivity index is 0.000000581. The van der Waals surface area contributed by atoms with Gasteiger partial charge in [0, 0.05) is 23.7 Å². The minimum absolute atomic E-state index is 0.274. The Morgan fingerprint density at radius 3 is 2.85 bits per heavy atom. The predicted molar refractivity (Wildman–Crippen MR) is 83.0 cm³/mol. The van der Waals surface area contributed by atoms with E-state index in [9.17, 15) is 4.39 Å². The van der Waals surface area contributed by atoms with Crippen LogP contribution in [0.15, 0.2) is 48.8 Å². The third kappa shape index (κ3) is 2.13. The standard InChI is InChI=1S/C15H8FN2.HI.Zn/c16-10-5-6-12-13(9-10)11-3-1-2-4-14(11)18-8-7-17-15(12)18;;/h1-5,7-9H;1H;/q-1;;+2/p-1. The molecule has 4 rings (SSSR count). The Labute approximate surface area is 135 Å². The summed E-state index contributed by atoms with van der Waals surface area (Å²) in [6, 6.07) is 13.8. The number of rotatable bonds is 0. The molecule has 0 saturated carbocycles. The van der Waals surface area contributed by atoms with Crippen LogP contribution in [0.1, 0.15) is 0 Å². The number of fused-ring (bicyclic) bond motifs is 6. The van der Waals surface area contributed by atoms with E-state index in [-0.39, 0.29) is 5.82 Å². The second-order valence-electron chi connectivity index (χ2n) is 4.24. The fourth-order valence-electron chi connectivity index (χ4n) is 2.46. The summed E-state index contributed by atoms with van der Waals surface area (Å²) < 4.78 is 15.4. The summed E-state index contributed by atoms with van der Waals surface area (Å²) in [6.07, 6.45) is 3.66. The summed E-state index contributed by atoms with van der Waals surface area (Å²) in [5.74, 6) is -0.274. The third-order valence-corrected chi connectivity index (χ3v) is 3.22. The van der Waals surface area contributed by atoms with Gasteiger partial charge in [-0.3, -0.25) is 9.37 Å². The van der Waals surface area contributed by atoms with Crippen molar-refractivity contribution in [2.45, 2.75) is 0 Å². The quantitative estimate of drug-likeness (QED) is 0.175. The van der Waals surface area contributed by atoms with Gasteiger partial charge in [-0.05, 0) is 11.5 Å². The first-order valence-corrected chi connectivity index (χ1v) is 15.0. The Bertz CT molecular complexity index is 904. The number of nitrogens with zero attached hydrogens (tertiary/aromatic N) is 2. The van der Waals surface area contributed by atoms with Crippen molar-refractivity contribution in [1.29, 1.82) is 0 Å². The van der Waals surface area contributed by atoms with Crippen LogP contribution in [0.5, 0.6) is 0 Å². The summed E-state index contributed by atoms with van der Waals surface area (Å²) in [4.78, 5) is 4.34. The van der Waals surface area contributed by atoms with Gasteiger partial charge in [0.2, 0.25) is 0 Å². The zero-order valence-corrected chi connectivity index (χ0v) is 15.6. The second kappa shape index (κ2) is 5.74. The molecule has 0 amide bonds. The maximum absolute atomic E-state index is 13.4. The molecule has 4 aromatic rings. The summed E-state index contributed by atoms with van der Waals surface area (Å²) in [5.41, 5.74) is 1.83. The van der Waals surface area contributed by atoms with Crippen LogP contribution in [0.4, 0.5) is 4.39 Å². The number of benzene rings is 2. The normalized spacial score (nSPS) is 10.8. The van der Waals surface area contributed by atoms with E-state index in [1.54, 1.807) is 12.3 Å². The molecule has 2 nitrogen and oxygen atoms in total. The van der Waals surface area contributed by atoms with E-state index in [0.29, 0.717) is 0 Å².